The minimum absolute atomic E-state index is 0.284. The Kier molecular flexibility index (Phi) is 8.42. The maximum Gasteiger partial charge on any atom is 0.302 e. The van der Waals surface area contributed by atoms with E-state index in [-0.39, 0.29) is 12.6 Å². The summed E-state index contributed by atoms with van der Waals surface area (Å²) in [6, 6.07) is 9.59. The van der Waals surface area contributed by atoms with Crippen molar-refractivity contribution in [3.05, 3.63) is 30.3 Å². The second-order valence-corrected chi connectivity index (χ2v) is 3.73. The van der Waals surface area contributed by atoms with Crippen molar-refractivity contribution in [2.75, 3.05) is 39.6 Å². The van der Waals surface area contributed by atoms with Crippen LogP contribution in [0.3, 0.4) is 0 Å². The number of hydrogen-bond acceptors (Lipinski definition) is 5. The smallest absolute Gasteiger partial charge is 0.302 e. The highest BCUT2D eigenvalue weighted by Crippen LogP contribution is 2.07. The van der Waals surface area contributed by atoms with Crippen LogP contribution in [0.25, 0.3) is 0 Å². The maximum atomic E-state index is 10.5. The molecule has 0 saturated heterocycles. The van der Waals surface area contributed by atoms with E-state index >= 15 is 0 Å². The number of carbonyl (C=O) groups excluding carboxylic acids is 1. The topological polar surface area (TPSA) is 54.0 Å². The average molecular weight is 268 g/mol. The second-order valence-electron chi connectivity index (χ2n) is 3.73. The van der Waals surface area contributed by atoms with E-state index in [4.69, 9.17) is 18.9 Å². The molecule has 0 aromatic heterocycles. The zero-order chi connectivity index (χ0) is 13.8. The van der Waals surface area contributed by atoms with Gasteiger partial charge in [0.2, 0.25) is 0 Å². The van der Waals surface area contributed by atoms with E-state index < -0.39 is 0 Å². The van der Waals surface area contributed by atoms with Gasteiger partial charge in [0, 0.05) is 6.92 Å². The van der Waals surface area contributed by atoms with Crippen molar-refractivity contribution in [2.24, 2.45) is 0 Å². The van der Waals surface area contributed by atoms with Gasteiger partial charge in [-0.15, -0.1) is 0 Å². The molecule has 0 aliphatic carbocycles. The number of ether oxygens (including phenoxy) is 4. The molecule has 1 rings (SSSR count). The third-order valence-electron chi connectivity index (χ3n) is 2.14. The quantitative estimate of drug-likeness (QED) is 0.477. The zero-order valence-corrected chi connectivity index (χ0v) is 11.2. The van der Waals surface area contributed by atoms with Gasteiger partial charge in [0.1, 0.15) is 19.0 Å². The molecule has 0 amide bonds. The summed E-state index contributed by atoms with van der Waals surface area (Å²) in [6.07, 6.45) is 0. The summed E-state index contributed by atoms with van der Waals surface area (Å²) in [5.74, 6) is 0.543. The minimum atomic E-state index is -0.294. The highest BCUT2D eigenvalue weighted by atomic mass is 16.6. The minimum Gasteiger partial charge on any atom is -0.491 e. The highest BCUT2D eigenvalue weighted by Gasteiger charge is 1.94. The van der Waals surface area contributed by atoms with Crippen molar-refractivity contribution in [2.45, 2.75) is 6.92 Å². The number of carbonyl (C=O) groups is 1. The fourth-order valence-corrected chi connectivity index (χ4v) is 1.30. The SMILES string of the molecule is CC(=O)OCCOCCOCCOc1ccccc1. The number of esters is 1. The molecule has 0 fully saturated rings. The Balaban J connectivity index is 1.83. The van der Waals surface area contributed by atoms with Crippen LogP contribution in [-0.4, -0.2) is 45.6 Å². The van der Waals surface area contributed by atoms with E-state index in [2.05, 4.69) is 0 Å². The van der Waals surface area contributed by atoms with Gasteiger partial charge >= 0.3 is 5.97 Å². The normalized spacial score (nSPS) is 10.2. The molecule has 0 saturated carbocycles. The Morgan fingerprint density at radius 2 is 1.47 bits per heavy atom. The van der Waals surface area contributed by atoms with Gasteiger partial charge in [-0.05, 0) is 12.1 Å². The summed E-state index contributed by atoms with van der Waals surface area (Å²) in [5, 5.41) is 0. The van der Waals surface area contributed by atoms with Crippen LogP contribution in [0, 0.1) is 0 Å². The zero-order valence-electron chi connectivity index (χ0n) is 11.2. The number of para-hydroxylation sites is 1. The van der Waals surface area contributed by atoms with Gasteiger partial charge in [0.05, 0.1) is 26.4 Å². The summed E-state index contributed by atoms with van der Waals surface area (Å²) in [7, 11) is 0. The lowest BCUT2D eigenvalue weighted by atomic mass is 10.3. The molecule has 1 aromatic rings. The lowest BCUT2D eigenvalue weighted by Crippen LogP contribution is -2.13. The van der Waals surface area contributed by atoms with Crippen molar-refractivity contribution in [3.63, 3.8) is 0 Å². The molecule has 0 spiro atoms. The monoisotopic (exact) mass is 268 g/mol. The molecule has 106 valence electrons. The van der Waals surface area contributed by atoms with Crippen LogP contribution in [0.5, 0.6) is 5.75 Å². The number of rotatable bonds is 10. The summed E-state index contributed by atoms with van der Waals surface area (Å²) >= 11 is 0. The van der Waals surface area contributed by atoms with E-state index in [1.807, 2.05) is 30.3 Å². The maximum absolute atomic E-state index is 10.5. The highest BCUT2D eigenvalue weighted by molar-refractivity contribution is 5.65. The molecule has 5 heteroatoms. The number of benzene rings is 1. The standard InChI is InChI=1S/C14H20O5/c1-13(15)18-11-9-16-7-8-17-10-12-19-14-5-3-2-4-6-14/h2-6H,7-12H2,1H3. The Morgan fingerprint density at radius 1 is 0.895 bits per heavy atom. The Hall–Kier alpha value is -1.59. The summed E-state index contributed by atoms with van der Waals surface area (Å²) in [4.78, 5) is 10.5. The molecule has 0 unspecified atom stereocenters. The van der Waals surface area contributed by atoms with Crippen molar-refractivity contribution < 1.29 is 23.7 Å². The van der Waals surface area contributed by atoms with Gasteiger partial charge in [0.15, 0.2) is 0 Å². The van der Waals surface area contributed by atoms with E-state index in [9.17, 15) is 4.79 Å². The Labute approximate surface area is 113 Å². The third kappa shape index (κ3) is 9.04. The van der Waals surface area contributed by atoms with Gasteiger partial charge in [-0.2, -0.15) is 0 Å². The first-order chi connectivity index (χ1) is 9.29. The molecule has 5 nitrogen and oxygen atoms in total. The molecule has 0 heterocycles. The van der Waals surface area contributed by atoms with Crippen LogP contribution in [-0.2, 0) is 19.0 Å². The molecule has 1 aromatic carbocycles. The predicted molar refractivity (Wildman–Crippen MR) is 70.2 cm³/mol. The van der Waals surface area contributed by atoms with E-state index in [0.29, 0.717) is 33.0 Å². The molecule has 0 N–H and O–H groups in total. The fourth-order valence-electron chi connectivity index (χ4n) is 1.30. The van der Waals surface area contributed by atoms with E-state index in [1.165, 1.54) is 6.92 Å². The Bertz CT molecular complexity index is 339. The van der Waals surface area contributed by atoms with Gasteiger partial charge < -0.3 is 18.9 Å². The van der Waals surface area contributed by atoms with Crippen LogP contribution >= 0.6 is 0 Å². The third-order valence-corrected chi connectivity index (χ3v) is 2.14. The first kappa shape index (κ1) is 15.5. The second kappa shape index (κ2) is 10.3. The molecule has 0 bridgehead atoms. The Morgan fingerprint density at radius 3 is 2.11 bits per heavy atom. The van der Waals surface area contributed by atoms with Gasteiger partial charge in [-0.25, -0.2) is 0 Å². The van der Waals surface area contributed by atoms with Crippen molar-refractivity contribution >= 4 is 5.97 Å². The van der Waals surface area contributed by atoms with Crippen LogP contribution in [0.4, 0.5) is 0 Å². The summed E-state index contributed by atoms with van der Waals surface area (Å²) < 4.78 is 20.7. The lowest BCUT2D eigenvalue weighted by molar-refractivity contribution is -0.142. The van der Waals surface area contributed by atoms with Crippen molar-refractivity contribution in [1.82, 2.24) is 0 Å². The van der Waals surface area contributed by atoms with Crippen LogP contribution < -0.4 is 4.74 Å². The molecule has 0 aliphatic rings. The molecule has 0 atom stereocenters. The molecule has 0 radical (unpaired) electrons. The van der Waals surface area contributed by atoms with Crippen LogP contribution in [0.1, 0.15) is 6.92 Å². The predicted octanol–water partition coefficient (Wildman–Crippen LogP) is 1.66. The van der Waals surface area contributed by atoms with Crippen LogP contribution in [0.15, 0.2) is 30.3 Å². The van der Waals surface area contributed by atoms with Gasteiger partial charge in [0.25, 0.3) is 0 Å². The first-order valence-electron chi connectivity index (χ1n) is 6.26. The van der Waals surface area contributed by atoms with Crippen LogP contribution in [0.2, 0.25) is 0 Å². The number of hydrogen-bond donors (Lipinski definition) is 0. The van der Waals surface area contributed by atoms with Crippen molar-refractivity contribution in [1.29, 1.82) is 0 Å². The summed E-state index contributed by atoms with van der Waals surface area (Å²) in [6.45, 7) is 4.05. The molecule has 19 heavy (non-hydrogen) atoms. The van der Waals surface area contributed by atoms with E-state index in [1.54, 1.807) is 0 Å². The molecular formula is C14H20O5. The average Bonchev–Trinajstić information content (AvgIpc) is 2.42. The van der Waals surface area contributed by atoms with E-state index in [0.717, 1.165) is 5.75 Å². The van der Waals surface area contributed by atoms with Crippen molar-refractivity contribution in [3.8, 4) is 5.75 Å². The largest absolute Gasteiger partial charge is 0.491 e. The van der Waals surface area contributed by atoms with Gasteiger partial charge in [-0.3, -0.25) is 4.79 Å². The molecular weight excluding hydrogens is 248 g/mol. The fraction of sp³-hybridized carbons (Fsp3) is 0.500. The first-order valence-corrected chi connectivity index (χ1v) is 6.26. The summed E-state index contributed by atoms with van der Waals surface area (Å²) in [5.41, 5.74) is 0. The van der Waals surface area contributed by atoms with Gasteiger partial charge in [-0.1, -0.05) is 18.2 Å². The molecule has 0 aliphatic heterocycles. The lowest BCUT2D eigenvalue weighted by Gasteiger charge is -2.07.